The molecule has 3 aromatic rings. The van der Waals surface area contributed by atoms with E-state index in [0.717, 1.165) is 28.9 Å². The van der Waals surface area contributed by atoms with Crippen molar-refractivity contribution in [3.63, 3.8) is 0 Å². The Balaban J connectivity index is 1.47. The van der Waals surface area contributed by atoms with E-state index in [0.29, 0.717) is 25.1 Å². The van der Waals surface area contributed by atoms with Crippen LogP contribution in [0.15, 0.2) is 72.8 Å². The average molecular weight is 439 g/mol. The molecule has 0 atom stereocenters. The fraction of sp³-hybridized carbons (Fsp3) is 0.167. The van der Waals surface area contributed by atoms with Crippen molar-refractivity contribution in [1.29, 1.82) is 0 Å². The zero-order valence-corrected chi connectivity index (χ0v) is 16.9. The lowest BCUT2D eigenvalue weighted by Gasteiger charge is -2.30. The van der Waals surface area contributed by atoms with E-state index in [-0.39, 0.29) is 11.6 Å². The molecule has 0 saturated heterocycles. The van der Waals surface area contributed by atoms with Gasteiger partial charge in [-0.3, -0.25) is 4.79 Å². The van der Waals surface area contributed by atoms with Crippen LogP contribution in [-0.2, 0) is 23.9 Å². The number of halogens is 3. The number of carbonyl (C=O) groups is 2. The summed E-state index contributed by atoms with van der Waals surface area (Å²) in [5, 5.41) is 5.06. The predicted molar refractivity (Wildman–Crippen MR) is 116 cm³/mol. The first-order chi connectivity index (χ1) is 15.3. The van der Waals surface area contributed by atoms with Crippen molar-refractivity contribution in [3.8, 4) is 0 Å². The van der Waals surface area contributed by atoms with Gasteiger partial charge in [-0.2, -0.15) is 13.2 Å². The smallest absolute Gasteiger partial charge is 0.308 e. The van der Waals surface area contributed by atoms with E-state index in [1.165, 1.54) is 12.1 Å². The van der Waals surface area contributed by atoms with E-state index >= 15 is 0 Å². The standard InChI is InChI=1S/C24H20F3N3O2/c25-24(26,27)18-7-4-8-19(14-18)28-23(32)29-20-10-11-21-17(13-20)9-12-22(31)30(21)15-16-5-2-1-3-6-16/h1-8,10-11,13-14H,9,12,15H2,(H2,28,29,32). The summed E-state index contributed by atoms with van der Waals surface area (Å²) in [5.74, 6) is 0.0318. The summed E-state index contributed by atoms with van der Waals surface area (Å²) in [5.41, 5.74) is 2.40. The Morgan fingerprint density at radius 1 is 0.875 bits per heavy atom. The van der Waals surface area contributed by atoms with Gasteiger partial charge in [0.1, 0.15) is 0 Å². The fourth-order valence-corrected chi connectivity index (χ4v) is 3.64. The summed E-state index contributed by atoms with van der Waals surface area (Å²) < 4.78 is 38.6. The van der Waals surface area contributed by atoms with Crippen LogP contribution in [0.25, 0.3) is 0 Å². The number of benzene rings is 3. The molecule has 3 amide bonds. The Labute approximate surface area is 182 Å². The van der Waals surface area contributed by atoms with Crippen molar-refractivity contribution >= 4 is 29.0 Å². The maximum Gasteiger partial charge on any atom is 0.416 e. The van der Waals surface area contributed by atoms with E-state index in [1.807, 2.05) is 30.3 Å². The largest absolute Gasteiger partial charge is 0.416 e. The molecule has 3 aromatic carbocycles. The first-order valence-electron chi connectivity index (χ1n) is 10.0. The Morgan fingerprint density at radius 3 is 2.31 bits per heavy atom. The van der Waals surface area contributed by atoms with E-state index in [2.05, 4.69) is 10.6 Å². The van der Waals surface area contributed by atoms with Gasteiger partial charge in [0.2, 0.25) is 5.91 Å². The van der Waals surface area contributed by atoms with Crippen LogP contribution in [0.5, 0.6) is 0 Å². The van der Waals surface area contributed by atoms with Crippen molar-refractivity contribution in [3.05, 3.63) is 89.5 Å². The third kappa shape index (κ3) is 4.91. The van der Waals surface area contributed by atoms with Crippen LogP contribution in [0.4, 0.5) is 35.0 Å². The molecule has 0 radical (unpaired) electrons. The third-order valence-corrected chi connectivity index (χ3v) is 5.17. The molecule has 0 unspecified atom stereocenters. The molecule has 0 bridgehead atoms. The molecule has 1 aliphatic heterocycles. The monoisotopic (exact) mass is 439 g/mol. The number of fused-ring (bicyclic) bond motifs is 1. The van der Waals surface area contributed by atoms with Gasteiger partial charge in [0.05, 0.1) is 12.1 Å². The molecular weight excluding hydrogens is 419 g/mol. The first-order valence-corrected chi connectivity index (χ1v) is 10.0. The van der Waals surface area contributed by atoms with E-state index in [4.69, 9.17) is 0 Å². The summed E-state index contributed by atoms with van der Waals surface area (Å²) >= 11 is 0. The zero-order chi connectivity index (χ0) is 22.7. The Bertz CT molecular complexity index is 1150. The highest BCUT2D eigenvalue weighted by atomic mass is 19.4. The molecule has 164 valence electrons. The lowest BCUT2D eigenvalue weighted by atomic mass is 9.99. The number of alkyl halides is 3. The molecule has 0 saturated carbocycles. The van der Waals surface area contributed by atoms with Crippen molar-refractivity contribution in [2.75, 3.05) is 15.5 Å². The molecule has 5 nitrogen and oxygen atoms in total. The van der Waals surface area contributed by atoms with Crippen LogP contribution in [0.2, 0.25) is 0 Å². The van der Waals surface area contributed by atoms with Crippen LogP contribution < -0.4 is 15.5 Å². The highest BCUT2D eigenvalue weighted by Gasteiger charge is 2.30. The van der Waals surface area contributed by atoms with E-state index in [1.54, 1.807) is 23.1 Å². The minimum Gasteiger partial charge on any atom is -0.308 e. The van der Waals surface area contributed by atoms with E-state index in [9.17, 15) is 22.8 Å². The topological polar surface area (TPSA) is 61.4 Å². The van der Waals surface area contributed by atoms with Crippen LogP contribution in [0, 0.1) is 0 Å². The predicted octanol–water partition coefficient (Wildman–Crippen LogP) is 5.83. The van der Waals surface area contributed by atoms with Crippen LogP contribution in [-0.4, -0.2) is 11.9 Å². The summed E-state index contributed by atoms with van der Waals surface area (Å²) in [7, 11) is 0. The van der Waals surface area contributed by atoms with Gasteiger partial charge in [-0.05, 0) is 53.9 Å². The maximum atomic E-state index is 12.9. The number of hydrogen-bond acceptors (Lipinski definition) is 2. The number of carbonyl (C=O) groups excluding carboxylic acids is 2. The van der Waals surface area contributed by atoms with Gasteiger partial charge < -0.3 is 15.5 Å². The molecule has 32 heavy (non-hydrogen) atoms. The number of nitrogens with zero attached hydrogens (tertiary/aromatic N) is 1. The highest BCUT2D eigenvalue weighted by molar-refractivity contribution is 6.01. The first kappa shape index (κ1) is 21.4. The summed E-state index contributed by atoms with van der Waals surface area (Å²) in [6.45, 7) is 0.454. The summed E-state index contributed by atoms with van der Waals surface area (Å²) in [4.78, 5) is 26.5. The van der Waals surface area contributed by atoms with Crippen LogP contribution in [0.3, 0.4) is 0 Å². The van der Waals surface area contributed by atoms with Crippen LogP contribution in [0.1, 0.15) is 23.1 Å². The second-order valence-corrected chi connectivity index (χ2v) is 7.47. The summed E-state index contributed by atoms with van der Waals surface area (Å²) in [6.07, 6.45) is -3.58. The zero-order valence-electron chi connectivity index (χ0n) is 16.9. The molecule has 0 spiro atoms. The second-order valence-electron chi connectivity index (χ2n) is 7.47. The van der Waals surface area contributed by atoms with Crippen molar-refractivity contribution in [1.82, 2.24) is 0 Å². The number of anilines is 3. The highest BCUT2D eigenvalue weighted by Crippen LogP contribution is 2.32. The number of urea groups is 1. The van der Waals surface area contributed by atoms with Crippen LogP contribution >= 0.6 is 0 Å². The quantitative estimate of drug-likeness (QED) is 0.537. The number of nitrogens with one attached hydrogen (secondary N) is 2. The van der Waals surface area contributed by atoms with Gasteiger partial charge >= 0.3 is 12.2 Å². The minimum absolute atomic E-state index is 0.0318. The summed E-state index contributed by atoms with van der Waals surface area (Å²) in [6, 6.07) is 18.7. The molecule has 0 aromatic heterocycles. The Kier molecular flexibility index (Phi) is 5.85. The van der Waals surface area contributed by atoms with Gasteiger partial charge in [0, 0.05) is 23.5 Å². The lowest BCUT2D eigenvalue weighted by Crippen LogP contribution is -2.34. The molecule has 0 aliphatic carbocycles. The lowest BCUT2D eigenvalue weighted by molar-refractivity contribution is -0.137. The number of amides is 3. The molecule has 2 N–H and O–H groups in total. The van der Waals surface area contributed by atoms with Crippen molar-refractivity contribution in [2.24, 2.45) is 0 Å². The van der Waals surface area contributed by atoms with Gasteiger partial charge in [0.15, 0.2) is 0 Å². The normalized spacial score (nSPS) is 13.5. The second kappa shape index (κ2) is 8.74. The molecule has 1 aliphatic rings. The van der Waals surface area contributed by atoms with Gasteiger partial charge in [-0.25, -0.2) is 4.79 Å². The number of hydrogen-bond donors (Lipinski definition) is 2. The minimum atomic E-state index is -4.49. The van der Waals surface area contributed by atoms with Crippen molar-refractivity contribution in [2.45, 2.75) is 25.6 Å². The van der Waals surface area contributed by atoms with Gasteiger partial charge in [-0.15, -0.1) is 0 Å². The fourth-order valence-electron chi connectivity index (χ4n) is 3.64. The van der Waals surface area contributed by atoms with Crippen molar-refractivity contribution < 1.29 is 22.8 Å². The Morgan fingerprint density at radius 2 is 1.59 bits per heavy atom. The van der Waals surface area contributed by atoms with Gasteiger partial charge in [-0.1, -0.05) is 36.4 Å². The Hall–Kier alpha value is -3.81. The number of rotatable bonds is 4. The molecule has 8 heteroatoms. The SMILES string of the molecule is O=C(Nc1cccc(C(F)(F)F)c1)Nc1ccc2c(c1)CCC(=O)N2Cc1ccccc1. The average Bonchev–Trinajstić information content (AvgIpc) is 2.76. The molecule has 0 fully saturated rings. The molecule has 4 rings (SSSR count). The molecular formula is C24H20F3N3O2. The third-order valence-electron chi connectivity index (χ3n) is 5.17. The van der Waals surface area contributed by atoms with E-state index < -0.39 is 17.8 Å². The van der Waals surface area contributed by atoms with Gasteiger partial charge in [0.25, 0.3) is 0 Å². The molecule has 1 heterocycles. The maximum absolute atomic E-state index is 12.9. The number of aryl methyl sites for hydroxylation is 1.